The highest BCUT2D eigenvalue weighted by molar-refractivity contribution is 6.10. The normalized spacial score (nSPS) is 11.2. The largest absolute Gasteiger partial charge is 0.422 e. The molecule has 2 nitrogen and oxygen atoms in total. The lowest BCUT2D eigenvalue weighted by atomic mass is 9.96. The van der Waals surface area contributed by atoms with Gasteiger partial charge in [-0.05, 0) is 29.7 Å². The molecule has 0 atom stereocenters. The molecule has 1 heterocycles. The van der Waals surface area contributed by atoms with E-state index in [1.165, 1.54) is 5.56 Å². The van der Waals surface area contributed by atoms with Crippen LogP contribution < -0.4 is 5.63 Å². The summed E-state index contributed by atoms with van der Waals surface area (Å²) < 4.78 is 5.94. The van der Waals surface area contributed by atoms with Gasteiger partial charge in [0, 0.05) is 16.5 Å². The summed E-state index contributed by atoms with van der Waals surface area (Å²) in [6.07, 6.45) is 0. The Morgan fingerprint density at radius 3 is 2.04 bits per heavy atom. The van der Waals surface area contributed by atoms with E-state index in [0.717, 1.165) is 33.2 Å². The van der Waals surface area contributed by atoms with Crippen LogP contribution in [0.3, 0.4) is 0 Å². The van der Waals surface area contributed by atoms with Crippen molar-refractivity contribution in [1.29, 1.82) is 0 Å². The Balaban J connectivity index is 1.96. The zero-order chi connectivity index (χ0) is 19.1. The minimum Gasteiger partial charge on any atom is -0.422 e. The minimum atomic E-state index is -0.300. The fourth-order valence-electron chi connectivity index (χ4n) is 3.82. The van der Waals surface area contributed by atoms with E-state index in [9.17, 15) is 4.79 Å². The van der Waals surface area contributed by atoms with Crippen LogP contribution in [0.1, 0.15) is 5.56 Å². The van der Waals surface area contributed by atoms with E-state index in [4.69, 9.17) is 4.42 Å². The molecule has 0 fully saturated rings. The second kappa shape index (κ2) is 6.50. The highest BCUT2D eigenvalue weighted by atomic mass is 16.4. The summed E-state index contributed by atoms with van der Waals surface area (Å²) in [7, 11) is 0. The first-order chi connectivity index (χ1) is 13.7. The first kappa shape index (κ1) is 16.5. The minimum absolute atomic E-state index is 0.300. The molecule has 0 radical (unpaired) electrons. The van der Waals surface area contributed by atoms with Gasteiger partial charge in [-0.25, -0.2) is 4.79 Å². The average molecular weight is 362 g/mol. The van der Waals surface area contributed by atoms with E-state index >= 15 is 0 Å². The number of benzene rings is 2. The summed E-state index contributed by atoms with van der Waals surface area (Å²) in [4.78, 5) is 13.0. The van der Waals surface area contributed by atoms with Crippen LogP contribution in [0.25, 0.3) is 44.3 Å². The molecule has 0 saturated carbocycles. The predicted octanol–water partition coefficient (Wildman–Crippen LogP) is 6.54. The molecule has 1 aromatic heterocycles. The van der Waals surface area contributed by atoms with Gasteiger partial charge in [-0.15, -0.1) is 0 Å². The van der Waals surface area contributed by atoms with Gasteiger partial charge in [0.05, 0.1) is 5.39 Å². The highest BCUT2D eigenvalue weighted by Gasteiger charge is 2.22. The lowest BCUT2D eigenvalue weighted by Gasteiger charge is -2.11. The molecule has 0 saturated heterocycles. The van der Waals surface area contributed by atoms with E-state index in [1.807, 2.05) is 79.7 Å². The average Bonchev–Trinajstić information content (AvgIpc) is 2.92. The number of hydrogen-bond donors (Lipinski definition) is 0. The topological polar surface area (TPSA) is 30.2 Å². The zero-order valence-corrected chi connectivity index (χ0v) is 15.5. The zero-order valence-electron chi connectivity index (χ0n) is 15.5. The molecule has 2 aliphatic rings. The molecule has 134 valence electrons. The fourth-order valence-corrected chi connectivity index (χ4v) is 3.82. The van der Waals surface area contributed by atoms with Crippen molar-refractivity contribution in [2.24, 2.45) is 0 Å². The van der Waals surface area contributed by atoms with E-state index in [-0.39, 0.29) is 5.63 Å². The second-order valence-electron chi connectivity index (χ2n) is 7.04. The van der Waals surface area contributed by atoms with Crippen molar-refractivity contribution >= 4 is 10.8 Å². The maximum Gasteiger partial charge on any atom is 0.344 e. The third kappa shape index (κ3) is 2.62. The molecule has 0 spiro atoms. The maximum absolute atomic E-state index is 13.0. The summed E-state index contributed by atoms with van der Waals surface area (Å²) >= 11 is 0. The second-order valence-corrected chi connectivity index (χ2v) is 7.04. The van der Waals surface area contributed by atoms with Crippen LogP contribution >= 0.6 is 0 Å². The van der Waals surface area contributed by atoms with Crippen molar-refractivity contribution in [3.8, 4) is 33.6 Å². The van der Waals surface area contributed by atoms with Crippen molar-refractivity contribution in [3.63, 3.8) is 0 Å². The standard InChI is InChI=1S/C26H18O2/c1-17-12-14-19(15-13-17)25-23(18-8-4-2-5-9-18)22-16-20-10-6-3-7-11-21(20)24(22)26(27)28-25/h2-16H,1H3. The van der Waals surface area contributed by atoms with Crippen molar-refractivity contribution in [3.05, 3.63) is 107 Å². The van der Waals surface area contributed by atoms with Crippen LogP contribution in [0.15, 0.2) is 100 Å². The monoisotopic (exact) mass is 362 g/mol. The summed E-state index contributed by atoms with van der Waals surface area (Å²) in [6, 6.07) is 30.2. The Labute approximate surface area is 163 Å². The lowest BCUT2D eigenvalue weighted by Crippen LogP contribution is -2.02. The molecule has 2 heteroatoms. The summed E-state index contributed by atoms with van der Waals surface area (Å²) in [5, 5.41) is 1.57. The molecule has 28 heavy (non-hydrogen) atoms. The Morgan fingerprint density at radius 2 is 1.32 bits per heavy atom. The van der Waals surface area contributed by atoms with E-state index in [1.54, 1.807) is 0 Å². The molecular weight excluding hydrogens is 344 g/mol. The molecule has 0 unspecified atom stereocenters. The number of rotatable bonds is 2. The van der Waals surface area contributed by atoms with E-state index in [2.05, 4.69) is 18.2 Å². The molecule has 5 rings (SSSR count). The van der Waals surface area contributed by atoms with Gasteiger partial charge < -0.3 is 4.42 Å². The number of aryl methyl sites for hydroxylation is 1. The van der Waals surface area contributed by atoms with Crippen LogP contribution in [0.5, 0.6) is 0 Å². The van der Waals surface area contributed by atoms with Crippen molar-refractivity contribution in [2.45, 2.75) is 6.92 Å². The first-order valence-electron chi connectivity index (χ1n) is 9.33. The molecule has 2 aliphatic carbocycles. The SMILES string of the molecule is Cc1ccc(-c2oc(=O)c3c4cccccc-4cc3c2-c2ccccc2)cc1. The number of fused-ring (bicyclic) bond motifs is 3. The van der Waals surface area contributed by atoms with E-state index in [0.29, 0.717) is 11.1 Å². The van der Waals surface area contributed by atoms with Crippen molar-refractivity contribution in [1.82, 2.24) is 0 Å². The molecule has 0 aliphatic heterocycles. The molecule has 0 bridgehead atoms. The fraction of sp³-hybridized carbons (Fsp3) is 0.0385. The summed E-state index contributed by atoms with van der Waals surface area (Å²) in [6.45, 7) is 2.05. The van der Waals surface area contributed by atoms with Crippen LogP contribution in [0.2, 0.25) is 0 Å². The molecular formula is C26H18O2. The van der Waals surface area contributed by atoms with Crippen molar-refractivity contribution in [2.75, 3.05) is 0 Å². The molecule has 0 amide bonds. The van der Waals surface area contributed by atoms with Gasteiger partial charge in [-0.3, -0.25) is 0 Å². The predicted molar refractivity (Wildman–Crippen MR) is 115 cm³/mol. The van der Waals surface area contributed by atoms with Gasteiger partial charge in [0.2, 0.25) is 0 Å². The Kier molecular flexibility index (Phi) is 3.84. The van der Waals surface area contributed by atoms with Gasteiger partial charge in [0.15, 0.2) is 0 Å². The molecule has 2 aromatic carbocycles. The lowest BCUT2D eigenvalue weighted by molar-refractivity contribution is 0.536. The smallest absolute Gasteiger partial charge is 0.344 e. The summed E-state index contributed by atoms with van der Waals surface area (Å²) in [5.41, 5.74) is 5.71. The maximum atomic E-state index is 13.0. The summed E-state index contributed by atoms with van der Waals surface area (Å²) in [5.74, 6) is 0.614. The number of hydrogen-bond acceptors (Lipinski definition) is 2. The molecule has 3 aromatic rings. The Bertz CT molecular complexity index is 1310. The molecule has 0 N–H and O–H groups in total. The quantitative estimate of drug-likeness (QED) is 0.357. The third-order valence-corrected chi connectivity index (χ3v) is 5.18. The van der Waals surface area contributed by atoms with Crippen LogP contribution in [-0.2, 0) is 0 Å². The van der Waals surface area contributed by atoms with Crippen LogP contribution in [0, 0.1) is 6.92 Å². The van der Waals surface area contributed by atoms with Gasteiger partial charge >= 0.3 is 5.63 Å². The van der Waals surface area contributed by atoms with Gasteiger partial charge in [-0.1, -0.05) is 90.5 Å². The van der Waals surface area contributed by atoms with Crippen molar-refractivity contribution < 1.29 is 4.42 Å². The first-order valence-corrected chi connectivity index (χ1v) is 9.33. The third-order valence-electron chi connectivity index (χ3n) is 5.18. The van der Waals surface area contributed by atoms with Gasteiger partial charge in [0.1, 0.15) is 5.76 Å². The van der Waals surface area contributed by atoms with Crippen LogP contribution in [0.4, 0.5) is 0 Å². The van der Waals surface area contributed by atoms with Gasteiger partial charge in [0.25, 0.3) is 0 Å². The van der Waals surface area contributed by atoms with E-state index < -0.39 is 0 Å². The van der Waals surface area contributed by atoms with Crippen LogP contribution in [-0.4, -0.2) is 0 Å². The van der Waals surface area contributed by atoms with Gasteiger partial charge in [-0.2, -0.15) is 0 Å². The Morgan fingerprint density at radius 1 is 0.679 bits per heavy atom. The highest BCUT2D eigenvalue weighted by Crippen LogP contribution is 2.42. The Hall–Kier alpha value is -3.65.